The van der Waals surface area contributed by atoms with E-state index in [2.05, 4.69) is 70.5 Å². The van der Waals surface area contributed by atoms with Gasteiger partial charge in [0.15, 0.2) is 0 Å². The SMILES string of the molecule is CCN(CC)CCCNC(=O)CCCNc1ncnc2sc(C)c(-c3ccccc3)c12. The lowest BCUT2D eigenvalue weighted by atomic mass is 10.0. The molecule has 2 aromatic heterocycles. The minimum atomic E-state index is 0.116. The lowest BCUT2D eigenvalue weighted by Crippen LogP contribution is -2.30. The summed E-state index contributed by atoms with van der Waals surface area (Å²) in [5.41, 5.74) is 2.36. The van der Waals surface area contributed by atoms with Crippen molar-refractivity contribution in [2.24, 2.45) is 0 Å². The van der Waals surface area contributed by atoms with Crippen molar-refractivity contribution in [3.63, 3.8) is 0 Å². The van der Waals surface area contributed by atoms with Gasteiger partial charge in [0.05, 0.1) is 5.39 Å². The summed E-state index contributed by atoms with van der Waals surface area (Å²) < 4.78 is 0. The van der Waals surface area contributed by atoms with Crippen molar-refractivity contribution in [2.45, 2.75) is 40.0 Å². The maximum atomic E-state index is 12.1. The molecular formula is C24H33N5OS. The first-order chi connectivity index (χ1) is 15.1. The van der Waals surface area contributed by atoms with Crippen molar-refractivity contribution in [1.82, 2.24) is 20.2 Å². The van der Waals surface area contributed by atoms with Crippen molar-refractivity contribution in [3.8, 4) is 11.1 Å². The fraction of sp³-hybridized carbons (Fsp3) is 0.458. The zero-order valence-corrected chi connectivity index (χ0v) is 19.6. The van der Waals surface area contributed by atoms with Gasteiger partial charge in [0.1, 0.15) is 17.0 Å². The summed E-state index contributed by atoms with van der Waals surface area (Å²) in [6.07, 6.45) is 3.88. The smallest absolute Gasteiger partial charge is 0.220 e. The molecule has 3 rings (SSSR count). The highest BCUT2D eigenvalue weighted by molar-refractivity contribution is 7.19. The van der Waals surface area contributed by atoms with Crippen molar-refractivity contribution in [3.05, 3.63) is 41.5 Å². The van der Waals surface area contributed by atoms with Gasteiger partial charge in [0.2, 0.25) is 5.91 Å². The number of hydrogen-bond acceptors (Lipinski definition) is 6. The Labute approximate surface area is 189 Å². The van der Waals surface area contributed by atoms with Crippen molar-refractivity contribution in [1.29, 1.82) is 0 Å². The van der Waals surface area contributed by atoms with E-state index in [9.17, 15) is 4.79 Å². The molecule has 1 amide bonds. The van der Waals surface area contributed by atoms with Crippen LogP contribution in [0.3, 0.4) is 0 Å². The highest BCUT2D eigenvalue weighted by Crippen LogP contribution is 2.40. The quantitative estimate of drug-likeness (QED) is 0.400. The average molecular weight is 440 g/mol. The van der Waals surface area contributed by atoms with E-state index >= 15 is 0 Å². The van der Waals surface area contributed by atoms with E-state index in [-0.39, 0.29) is 5.91 Å². The van der Waals surface area contributed by atoms with Crippen LogP contribution in [-0.4, -0.2) is 53.5 Å². The lowest BCUT2D eigenvalue weighted by molar-refractivity contribution is -0.121. The van der Waals surface area contributed by atoms with Gasteiger partial charge in [-0.05, 0) is 45.0 Å². The van der Waals surface area contributed by atoms with Gasteiger partial charge < -0.3 is 15.5 Å². The number of benzene rings is 1. The van der Waals surface area contributed by atoms with Crippen molar-refractivity contribution >= 4 is 33.3 Å². The lowest BCUT2D eigenvalue weighted by Gasteiger charge is -2.17. The Morgan fingerprint density at radius 3 is 2.58 bits per heavy atom. The largest absolute Gasteiger partial charge is 0.369 e. The predicted molar refractivity (Wildman–Crippen MR) is 131 cm³/mol. The Bertz CT molecular complexity index is 969. The summed E-state index contributed by atoms with van der Waals surface area (Å²) in [6, 6.07) is 10.4. The predicted octanol–water partition coefficient (Wildman–Crippen LogP) is 4.71. The number of thiophene rings is 1. The number of nitrogens with one attached hydrogen (secondary N) is 2. The monoisotopic (exact) mass is 439 g/mol. The second-order valence-electron chi connectivity index (χ2n) is 7.56. The molecule has 0 aliphatic rings. The first-order valence-corrected chi connectivity index (χ1v) is 12.0. The van der Waals surface area contributed by atoms with Crippen LogP contribution in [0.4, 0.5) is 5.82 Å². The van der Waals surface area contributed by atoms with Crippen molar-refractivity contribution in [2.75, 3.05) is 38.0 Å². The Morgan fingerprint density at radius 2 is 1.84 bits per heavy atom. The zero-order valence-electron chi connectivity index (χ0n) is 18.8. The van der Waals surface area contributed by atoms with Gasteiger partial charge in [-0.25, -0.2) is 9.97 Å². The molecule has 2 heterocycles. The molecular weight excluding hydrogens is 406 g/mol. The summed E-state index contributed by atoms with van der Waals surface area (Å²) in [7, 11) is 0. The molecule has 6 nitrogen and oxygen atoms in total. The summed E-state index contributed by atoms with van der Waals surface area (Å²) >= 11 is 1.69. The maximum Gasteiger partial charge on any atom is 0.220 e. The number of carbonyl (C=O) groups is 1. The molecule has 0 aliphatic heterocycles. The third-order valence-electron chi connectivity index (χ3n) is 5.47. The van der Waals surface area contributed by atoms with E-state index in [0.29, 0.717) is 13.0 Å². The molecule has 0 fully saturated rings. The molecule has 0 saturated carbocycles. The molecule has 2 N–H and O–H groups in total. The van der Waals surface area contributed by atoms with Crippen LogP contribution in [0.15, 0.2) is 36.7 Å². The van der Waals surface area contributed by atoms with E-state index in [1.807, 2.05) is 6.07 Å². The van der Waals surface area contributed by atoms with Gasteiger partial charge in [0, 0.05) is 30.0 Å². The summed E-state index contributed by atoms with van der Waals surface area (Å²) in [5, 5.41) is 7.53. The molecule has 166 valence electrons. The molecule has 0 atom stereocenters. The van der Waals surface area contributed by atoms with Crippen LogP contribution >= 0.6 is 11.3 Å². The Morgan fingerprint density at radius 1 is 1.06 bits per heavy atom. The highest BCUT2D eigenvalue weighted by atomic mass is 32.1. The summed E-state index contributed by atoms with van der Waals surface area (Å²) in [6.45, 7) is 11.0. The molecule has 0 radical (unpaired) electrons. The fourth-order valence-electron chi connectivity index (χ4n) is 3.75. The summed E-state index contributed by atoms with van der Waals surface area (Å²) in [5.74, 6) is 0.957. The van der Waals surface area contributed by atoms with Crippen LogP contribution < -0.4 is 10.6 Å². The Balaban J connectivity index is 1.52. The maximum absolute atomic E-state index is 12.1. The van der Waals surface area contributed by atoms with Crippen LogP contribution in [0.5, 0.6) is 0 Å². The molecule has 0 saturated heterocycles. The zero-order chi connectivity index (χ0) is 22.1. The van der Waals surface area contributed by atoms with E-state index in [1.54, 1.807) is 17.7 Å². The molecule has 0 spiro atoms. The number of anilines is 1. The average Bonchev–Trinajstić information content (AvgIpc) is 3.14. The number of amides is 1. The minimum absolute atomic E-state index is 0.116. The number of rotatable bonds is 12. The van der Waals surface area contributed by atoms with E-state index in [4.69, 9.17) is 0 Å². The van der Waals surface area contributed by atoms with Crippen LogP contribution in [0, 0.1) is 6.92 Å². The summed E-state index contributed by atoms with van der Waals surface area (Å²) in [4.78, 5) is 25.7. The third-order valence-corrected chi connectivity index (χ3v) is 6.48. The van der Waals surface area contributed by atoms with E-state index < -0.39 is 0 Å². The molecule has 7 heteroatoms. The molecule has 0 unspecified atom stereocenters. The van der Waals surface area contributed by atoms with Gasteiger partial charge in [0.25, 0.3) is 0 Å². The number of hydrogen-bond donors (Lipinski definition) is 2. The molecule has 1 aromatic carbocycles. The van der Waals surface area contributed by atoms with Gasteiger partial charge in [-0.1, -0.05) is 44.2 Å². The van der Waals surface area contributed by atoms with Crippen molar-refractivity contribution < 1.29 is 4.79 Å². The van der Waals surface area contributed by atoms with E-state index in [1.165, 1.54) is 16.0 Å². The molecule has 0 bridgehead atoms. The Kier molecular flexibility index (Phi) is 8.79. The minimum Gasteiger partial charge on any atom is -0.369 e. The number of carbonyl (C=O) groups excluding carboxylic acids is 1. The standard InChI is InChI=1S/C24H33N5OS/c1-4-29(5-2)16-10-15-25-20(30)13-9-14-26-23-22-21(19-11-7-6-8-12-19)18(3)31-24(22)28-17-27-23/h6-8,11-12,17H,4-5,9-10,13-16H2,1-3H3,(H,25,30)(H,26,27,28). The van der Waals surface area contributed by atoms with Crippen LogP contribution in [0.1, 0.15) is 38.0 Å². The highest BCUT2D eigenvalue weighted by Gasteiger charge is 2.16. The molecule has 3 aromatic rings. The van der Waals surface area contributed by atoms with Gasteiger partial charge in [-0.3, -0.25) is 4.79 Å². The third kappa shape index (κ3) is 6.24. The van der Waals surface area contributed by atoms with Gasteiger partial charge in [-0.2, -0.15) is 0 Å². The number of aryl methyl sites for hydroxylation is 1. The van der Waals surface area contributed by atoms with Crippen LogP contribution in [0.25, 0.3) is 21.3 Å². The topological polar surface area (TPSA) is 70.2 Å². The van der Waals surface area contributed by atoms with E-state index in [0.717, 1.165) is 55.1 Å². The Hall–Kier alpha value is -2.51. The number of aromatic nitrogens is 2. The molecule has 0 aliphatic carbocycles. The molecule has 31 heavy (non-hydrogen) atoms. The second kappa shape index (κ2) is 11.8. The normalized spacial score (nSPS) is 11.2. The van der Waals surface area contributed by atoms with Crippen LogP contribution in [0.2, 0.25) is 0 Å². The second-order valence-corrected chi connectivity index (χ2v) is 8.77. The van der Waals surface area contributed by atoms with Gasteiger partial charge in [-0.15, -0.1) is 11.3 Å². The number of fused-ring (bicyclic) bond motifs is 1. The first kappa shape index (κ1) is 23.2. The van der Waals surface area contributed by atoms with Crippen LogP contribution in [-0.2, 0) is 4.79 Å². The van der Waals surface area contributed by atoms with Gasteiger partial charge >= 0.3 is 0 Å². The number of nitrogens with zero attached hydrogens (tertiary/aromatic N) is 3. The fourth-order valence-corrected chi connectivity index (χ4v) is 4.76. The first-order valence-electron chi connectivity index (χ1n) is 11.2.